The molecule has 0 radical (unpaired) electrons. The Labute approximate surface area is 123 Å². The van der Waals surface area contributed by atoms with Gasteiger partial charge in [0.05, 0.1) is 5.69 Å². The fourth-order valence-electron chi connectivity index (χ4n) is 2.40. The van der Waals surface area contributed by atoms with Crippen molar-refractivity contribution >= 4 is 22.1 Å². The number of rotatable bonds is 4. The predicted molar refractivity (Wildman–Crippen MR) is 87.2 cm³/mol. The van der Waals surface area contributed by atoms with Crippen LogP contribution in [-0.4, -0.2) is 12.0 Å². The average molecular weight is 282 g/mol. The molecule has 2 aromatic carbocycles. The van der Waals surface area contributed by atoms with Crippen LogP contribution in [0.1, 0.15) is 17.5 Å². The van der Waals surface area contributed by atoms with E-state index in [9.17, 15) is 0 Å². The van der Waals surface area contributed by atoms with Gasteiger partial charge in [0.25, 0.3) is 0 Å². The molecule has 1 N–H and O–H groups in total. The van der Waals surface area contributed by atoms with Crippen molar-refractivity contribution in [2.24, 2.45) is 0 Å². The summed E-state index contributed by atoms with van der Waals surface area (Å²) in [5.41, 5.74) is 2.43. The van der Waals surface area contributed by atoms with E-state index in [1.54, 1.807) is 11.3 Å². The fourth-order valence-corrected chi connectivity index (χ4v) is 3.56. The Morgan fingerprint density at radius 1 is 1.10 bits per heavy atom. The van der Waals surface area contributed by atoms with E-state index in [-0.39, 0.29) is 0 Å². The summed E-state index contributed by atoms with van der Waals surface area (Å²) in [6, 6.07) is 15.0. The summed E-state index contributed by atoms with van der Waals surface area (Å²) in [5, 5.41) is 6.90. The van der Waals surface area contributed by atoms with Gasteiger partial charge in [0.2, 0.25) is 0 Å². The zero-order valence-electron chi connectivity index (χ0n) is 11.8. The zero-order chi connectivity index (χ0) is 13.9. The third-order valence-electron chi connectivity index (χ3n) is 3.45. The molecule has 0 amide bonds. The minimum Gasteiger partial charge on any atom is -0.315 e. The Hall–Kier alpha value is -1.71. The number of nitrogens with zero attached hydrogens (tertiary/aromatic N) is 1. The van der Waals surface area contributed by atoms with E-state index >= 15 is 0 Å². The van der Waals surface area contributed by atoms with Crippen molar-refractivity contribution in [2.75, 3.05) is 7.05 Å². The highest BCUT2D eigenvalue weighted by Gasteiger charge is 2.10. The molecule has 102 valence electrons. The van der Waals surface area contributed by atoms with E-state index in [0.29, 0.717) is 0 Å². The highest BCUT2D eigenvalue weighted by atomic mass is 32.1. The van der Waals surface area contributed by atoms with Crippen LogP contribution in [0.2, 0.25) is 0 Å². The number of hydrogen-bond acceptors (Lipinski definition) is 3. The van der Waals surface area contributed by atoms with E-state index in [0.717, 1.165) is 18.0 Å². The molecule has 0 unspecified atom stereocenters. The third kappa shape index (κ3) is 2.47. The lowest BCUT2D eigenvalue weighted by Gasteiger charge is -2.00. The second kappa shape index (κ2) is 5.73. The molecule has 1 heterocycles. The lowest BCUT2D eigenvalue weighted by Crippen LogP contribution is -2.05. The van der Waals surface area contributed by atoms with Gasteiger partial charge in [0.15, 0.2) is 0 Å². The summed E-state index contributed by atoms with van der Waals surface area (Å²) in [6.45, 7) is 3.06. The number of aryl methyl sites for hydroxylation is 1. The lowest BCUT2D eigenvalue weighted by molar-refractivity contribution is 0.815. The Bertz CT molecular complexity index is 731. The van der Waals surface area contributed by atoms with Gasteiger partial charge in [0.1, 0.15) is 5.01 Å². The Morgan fingerprint density at radius 2 is 1.90 bits per heavy atom. The van der Waals surface area contributed by atoms with Crippen molar-refractivity contribution in [3.63, 3.8) is 0 Å². The molecular weight excluding hydrogens is 264 g/mol. The van der Waals surface area contributed by atoms with E-state index < -0.39 is 0 Å². The van der Waals surface area contributed by atoms with Gasteiger partial charge in [-0.25, -0.2) is 4.98 Å². The van der Waals surface area contributed by atoms with Crippen molar-refractivity contribution in [3.05, 3.63) is 53.0 Å². The van der Waals surface area contributed by atoms with Crippen molar-refractivity contribution in [3.8, 4) is 10.6 Å². The van der Waals surface area contributed by atoms with Crippen LogP contribution in [0.15, 0.2) is 42.5 Å². The molecule has 0 saturated carbocycles. The largest absolute Gasteiger partial charge is 0.315 e. The number of nitrogens with one attached hydrogen (secondary N) is 1. The van der Waals surface area contributed by atoms with Crippen LogP contribution in [0, 0.1) is 0 Å². The van der Waals surface area contributed by atoms with Crippen LogP contribution in [0.25, 0.3) is 21.3 Å². The van der Waals surface area contributed by atoms with Crippen molar-refractivity contribution < 1.29 is 0 Å². The van der Waals surface area contributed by atoms with E-state index in [1.807, 2.05) is 7.05 Å². The van der Waals surface area contributed by atoms with Gasteiger partial charge in [-0.15, -0.1) is 11.3 Å². The Morgan fingerprint density at radius 3 is 2.65 bits per heavy atom. The molecule has 0 bridgehead atoms. The monoisotopic (exact) mass is 282 g/mol. The molecule has 1 aromatic heterocycles. The number of hydrogen-bond donors (Lipinski definition) is 1. The summed E-state index contributed by atoms with van der Waals surface area (Å²) in [6.07, 6.45) is 0.987. The second-order valence-electron chi connectivity index (χ2n) is 4.83. The first kappa shape index (κ1) is 13.3. The smallest absolute Gasteiger partial charge is 0.123 e. The van der Waals surface area contributed by atoms with Crippen LogP contribution >= 0.6 is 11.3 Å². The third-order valence-corrected chi connectivity index (χ3v) is 4.59. The molecule has 0 atom stereocenters. The molecule has 2 nitrogen and oxygen atoms in total. The van der Waals surface area contributed by atoms with Gasteiger partial charge >= 0.3 is 0 Å². The molecule has 3 rings (SSSR count). The van der Waals surface area contributed by atoms with E-state index in [4.69, 9.17) is 4.98 Å². The molecule has 0 aliphatic rings. The second-order valence-corrected chi connectivity index (χ2v) is 5.92. The molecule has 0 aliphatic heterocycles. The topological polar surface area (TPSA) is 24.9 Å². The summed E-state index contributed by atoms with van der Waals surface area (Å²) in [5.74, 6) is 0. The normalized spacial score (nSPS) is 11.1. The molecule has 0 aliphatic carbocycles. The molecule has 20 heavy (non-hydrogen) atoms. The summed E-state index contributed by atoms with van der Waals surface area (Å²) in [7, 11) is 1.98. The molecule has 0 spiro atoms. The first-order chi connectivity index (χ1) is 9.81. The van der Waals surface area contributed by atoms with Gasteiger partial charge in [-0.3, -0.25) is 0 Å². The highest BCUT2D eigenvalue weighted by molar-refractivity contribution is 7.15. The maximum atomic E-state index is 4.80. The first-order valence-electron chi connectivity index (χ1n) is 6.94. The van der Waals surface area contributed by atoms with Gasteiger partial charge in [-0.1, -0.05) is 43.3 Å². The minimum absolute atomic E-state index is 0.897. The summed E-state index contributed by atoms with van der Waals surface area (Å²) < 4.78 is 0. The Kier molecular flexibility index (Phi) is 3.81. The quantitative estimate of drug-likeness (QED) is 0.774. The van der Waals surface area contributed by atoms with Crippen LogP contribution in [0.4, 0.5) is 0 Å². The van der Waals surface area contributed by atoms with Gasteiger partial charge in [-0.2, -0.15) is 0 Å². The minimum atomic E-state index is 0.897. The number of aromatic nitrogens is 1. The van der Waals surface area contributed by atoms with Crippen molar-refractivity contribution in [1.82, 2.24) is 10.3 Å². The lowest BCUT2D eigenvalue weighted by atomic mass is 10.1. The Balaban J connectivity index is 2.05. The first-order valence-corrected chi connectivity index (χ1v) is 7.76. The van der Waals surface area contributed by atoms with Crippen LogP contribution in [0.3, 0.4) is 0 Å². The zero-order valence-corrected chi connectivity index (χ0v) is 12.6. The average Bonchev–Trinajstić information content (AvgIpc) is 2.90. The van der Waals surface area contributed by atoms with Crippen LogP contribution < -0.4 is 5.32 Å². The fraction of sp³-hybridized carbons (Fsp3) is 0.235. The number of thiazole rings is 1. The van der Waals surface area contributed by atoms with Crippen molar-refractivity contribution in [1.29, 1.82) is 0 Å². The van der Waals surface area contributed by atoms with E-state index in [1.165, 1.54) is 26.9 Å². The van der Waals surface area contributed by atoms with Gasteiger partial charge in [0, 0.05) is 17.0 Å². The molecule has 0 fully saturated rings. The van der Waals surface area contributed by atoms with Gasteiger partial charge < -0.3 is 5.32 Å². The SMILES string of the molecule is CCc1nc(-c2ccc3ccccc3c2)sc1CNC. The molecule has 0 saturated heterocycles. The van der Waals surface area contributed by atoms with Gasteiger partial charge in [-0.05, 0) is 30.3 Å². The number of fused-ring (bicyclic) bond motifs is 1. The van der Waals surface area contributed by atoms with Crippen molar-refractivity contribution in [2.45, 2.75) is 19.9 Å². The molecular formula is C17H18N2S. The van der Waals surface area contributed by atoms with Crippen LogP contribution in [0.5, 0.6) is 0 Å². The van der Waals surface area contributed by atoms with E-state index in [2.05, 4.69) is 54.7 Å². The number of benzene rings is 2. The predicted octanol–water partition coefficient (Wildman–Crippen LogP) is 4.25. The van der Waals surface area contributed by atoms with Crippen LogP contribution in [-0.2, 0) is 13.0 Å². The summed E-state index contributed by atoms with van der Waals surface area (Å²) >= 11 is 1.80. The molecule has 3 aromatic rings. The maximum Gasteiger partial charge on any atom is 0.123 e. The maximum absolute atomic E-state index is 4.80. The standard InChI is InChI=1S/C17H18N2S/c1-3-15-16(11-18-2)20-17(19-15)14-9-8-12-6-4-5-7-13(12)10-14/h4-10,18H,3,11H2,1-2H3. The molecule has 3 heteroatoms. The summed E-state index contributed by atoms with van der Waals surface area (Å²) in [4.78, 5) is 6.15. The highest BCUT2D eigenvalue weighted by Crippen LogP contribution is 2.30.